The van der Waals surface area contributed by atoms with Gasteiger partial charge < -0.3 is 20.9 Å². The number of rotatable bonds is 7. The van der Waals surface area contributed by atoms with Crippen molar-refractivity contribution in [2.75, 3.05) is 54.5 Å². The van der Waals surface area contributed by atoms with Crippen LogP contribution < -0.4 is 20.9 Å². The first-order valence-electron chi connectivity index (χ1n) is 11.0. The lowest BCUT2D eigenvalue weighted by atomic mass is 9.75. The summed E-state index contributed by atoms with van der Waals surface area (Å²) in [6.45, 7) is 5.40. The van der Waals surface area contributed by atoms with Crippen molar-refractivity contribution < 1.29 is 5.32 Å². The number of aromatic nitrogens is 4. The molecule has 9 heteroatoms. The molecule has 0 radical (unpaired) electrons. The molecule has 4 N–H and O–H groups in total. The van der Waals surface area contributed by atoms with Crippen molar-refractivity contribution >= 4 is 46.1 Å². The van der Waals surface area contributed by atoms with Crippen LogP contribution in [-0.2, 0) is 0 Å². The fourth-order valence-electron chi connectivity index (χ4n) is 4.45. The van der Waals surface area contributed by atoms with Crippen LogP contribution in [0.25, 0.3) is 11.0 Å². The summed E-state index contributed by atoms with van der Waals surface area (Å²) in [4.78, 5) is 22.4. The maximum atomic E-state index is 4.94. The Morgan fingerprint density at radius 1 is 1.10 bits per heavy atom. The Kier molecular flexibility index (Phi) is 4.61. The van der Waals surface area contributed by atoms with E-state index in [1.54, 1.807) is 18.1 Å². The Morgan fingerprint density at radius 3 is 2.68 bits per heavy atom. The fourth-order valence-corrected chi connectivity index (χ4v) is 5.00. The number of nitrogens with one attached hydrogen (secondary N) is 2. The highest BCUT2D eigenvalue weighted by Crippen LogP contribution is 2.37. The zero-order valence-electron chi connectivity index (χ0n) is 17.6. The van der Waals surface area contributed by atoms with Crippen molar-refractivity contribution in [3.63, 3.8) is 0 Å². The van der Waals surface area contributed by atoms with Crippen LogP contribution in [0.15, 0.2) is 35.5 Å². The number of nitrogens with zero attached hydrogens (tertiary/aromatic N) is 5. The van der Waals surface area contributed by atoms with Gasteiger partial charge in [0.1, 0.15) is 22.8 Å². The van der Waals surface area contributed by atoms with Crippen molar-refractivity contribution in [1.82, 2.24) is 19.9 Å². The maximum Gasteiger partial charge on any atom is 0.228 e. The van der Waals surface area contributed by atoms with Gasteiger partial charge in [-0.3, -0.25) is 0 Å². The van der Waals surface area contributed by atoms with Gasteiger partial charge in [0.05, 0.1) is 18.8 Å². The van der Waals surface area contributed by atoms with Crippen LogP contribution in [0.2, 0.25) is 0 Å². The number of fused-ring (bicyclic) bond motifs is 1. The molecule has 0 unspecified atom stereocenters. The van der Waals surface area contributed by atoms with E-state index < -0.39 is 0 Å². The Morgan fingerprint density at radius 2 is 1.94 bits per heavy atom. The second kappa shape index (κ2) is 7.49. The molecule has 3 aliphatic rings. The van der Waals surface area contributed by atoms with Crippen molar-refractivity contribution in [1.29, 1.82) is 0 Å². The minimum Gasteiger partial charge on any atom is -0.368 e. The van der Waals surface area contributed by atoms with Gasteiger partial charge in [-0.05, 0) is 37.1 Å². The Bertz CT molecular complexity index is 1120. The van der Waals surface area contributed by atoms with E-state index in [0.717, 1.165) is 59.9 Å². The van der Waals surface area contributed by atoms with Gasteiger partial charge in [-0.2, -0.15) is 4.98 Å². The molecule has 160 valence electrons. The number of quaternary nitrogens is 1. The third kappa shape index (κ3) is 3.55. The molecule has 0 atom stereocenters. The molecule has 0 bridgehead atoms. The highest BCUT2D eigenvalue weighted by molar-refractivity contribution is 7.98. The molecule has 2 aliphatic heterocycles. The average Bonchev–Trinajstić information content (AvgIpc) is 3.55. The van der Waals surface area contributed by atoms with E-state index in [-0.39, 0.29) is 0 Å². The van der Waals surface area contributed by atoms with Gasteiger partial charge in [0, 0.05) is 24.5 Å². The minimum atomic E-state index is 0.456. The largest absolute Gasteiger partial charge is 0.368 e. The van der Waals surface area contributed by atoms with E-state index in [2.05, 4.69) is 55.3 Å². The zero-order chi connectivity index (χ0) is 20.8. The van der Waals surface area contributed by atoms with E-state index in [4.69, 9.17) is 9.97 Å². The summed E-state index contributed by atoms with van der Waals surface area (Å²) in [6, 6.07) is 8.28. The van der Waals surface area contributed by atoms with Gasteiger partial charge in [-0.1, -0.05) is 12.1 Å². The number of thioether (sulfide) groups is 1. The topological polar surface area (TPSA) is 95.5 Å². The van der Waals surface area contributed by atoms with Crippen molar-refractivity contribution in [3.05, 3.63) is 30.6 Å². The molecule has 8 nitrogen and oxygen atoms in total. The normalized spacial score (nSPS) is 19.2. The Balaban J connectivity index is 1.40. The number of benzene rings is 1. The minimum absolute atomic E-state index is 0.456. The molecule has 1 spiro atoms. The Labute approximate surface area is 185 Å². The lowest BCUT2D eigenvalue weighted by Gasteiger charge is -2.52. The maximum absolute atomic E-state index is 4.94. The molecule has 2 saturated heterocycles. The summed E-state index contributed by atoms with van der Waals surface area (Å²) < 4.78 is 0. The third-order valence-corrected chi connectivity index (χ3v) is 7.37. The van der Waals surface area contributed by atoms with Crippen LogP contribution in [0.1, 0.15) is 12.8 Å². The SMILES string of the molecule is CSc1ccccc1Nc1nc(N2CC3(C[NH2+]C3)C2)nc2c(NCC3CC3)ncnc12. The van der Waals surface area contributed by atoms with E-state index >= 15 is 0 Å². The zero-order valence-corrected chi connectivity index (χ0v) is 18.5. The van der Waals surface area contributed by atoms with Crippen molar-refractivity contribution in [2.24, 2.45) is 11.3 Å². The molecule has 1 aromatic carbocycles. The molecule has 1 aliphatic carbocycles. The van der Waals surface area contributed by atoms with E-state index in [9.17, 15) is 0 Å². The fraction of sp³-hybridized carbons (Fsp3) is 0.455. The van der Waals surface area contributed by atoms with E-state index in [0.29, 0.717) is 5.41 Å². The smallest absolute Gasteiger partial charge is 0.228 e. The van der Waals surface area contributed by atoms with Crippen LogP contribution in [0.5, 0.6) is 0 Å². The molecule has 1 saturated carbocycles. The molecule has 2 aromatic heterocycles. The van der Waals surface area contributed by atoms with Gasteiger partial charge >= 0.3 is 0 Å². The molecular weight excluding hydrogens is 408 g/mol. The van der Waals surface area contributed by atoms with Crippen molar-refractivity contribution in [2.45, 2.75) is 17.7 Å². The summed E-state index contributed by atoms with van der Waals surface area (Å²) in [5.74, 6) is 3.05. The van der Waals surface area contributed by atoms with E-state index in [1.807, 2.05) is 6.07 Å². The van der Waals surface area contributed by atoms with Gasteiger partial charge in [0.2, 0.25) is 5.95 Å². The van der Waals surface area contributed by atoms with Gasteiger partial charge in [0.25, 0.3) is 0 Å². The van der Waals surface area contributed by atoms with Crippen LogP contribution in [0, 0.1) is 11.3 Å². The van der Waals surface area contributed by atoms with Crippen molar-refractivity contribution in [3.8, 4) is 0 Å². The number of nitrogens with two attached hydrogens (primary N) is 1. The summed E-state index contributed by atoms with van der Waals surface area (Å²) in [5.41, 5.74) is 3.02. The van der Waals surface area contributed by atoms with Crippen LogP contribution >= 0.6 is 11.8 Å². The van der Waals surface area contributed by atoms with Gasteiger partial charge in [-0.15, -0.1) is 11.8 Å². The molecular formula is C22H27N8S+. The van der Waals surface area contributed by atoms with Gasteiger partial charge in [0.15, 0.2) is 11.6 Å². The third-order valence-electron chi connectivity index (χ3n) is 6.58. The quantitative estimate of drug-likeness (QED) is 0.486. The number of para-hydroxylation sites is 1. The Hall–Kier alpha value is -2.65. The predicted octanol–water partition coefficient (Wildman–Crippen LogP) is 2.09. The number of hydrogen-bond acceptors (Lipinski definition) is 8. The lowest BCUT2D eigenvalue weighted by molar-refractivity contribution is -0.742. The predicted molar refractivity (Wildman–Crippen MR) is 124 cm³/mol. The molecule has 0 amide bonds. The molecule has 3 aromatic rings. The second-order valence-corrected chi connectivity index (χ2v) is 9.84. The van der Waals surface area contributed by atoms with Crippen LogP contribution in [-0.4, -0.2) is 58.9 Å². The first-order chi connectivity index (χ1) is 15.2. The van der Waals surface area contributed by atoms with Gasteiger partial charge in [-0.25, -0.2) is 15.0 Å². The second-order valence-electron chi connectivity index (χ2n) is 8.99. The molecule has 3 fully saturated rings. The summed E-state index contributed by atoms with van der Waals surface area (Å²) in [7, 11) is 0. The molecule has 31 heavy (non-hydrogen) atoms. The summed E-state index contributed by atoms with van der Waals surface area (Å²) in [5, 5.41) is 9.42. The average molecular weight is 436 g/mol. The highest BCUT2D eigenvalue weighted by Gasteiger charge is 2.52. The van der Waals surface area contributed by atoms with Crippen LogP contribution in [0.4, 0.5) is 23.3 Å². The lowest BCUT2D eigenvalue weighted by Crippen LogP contribution is -3.04. The monoisotopic (exact) mass is 435 g/mol. The molecule has 6 rings (SSSR count). The highest BCUT2D eigenvalue weighted by atomic mass is 32.2. The number of hydrogen-bond donors (Lipinski definition) is 3. The summed E-state index contributed by atoms with van der Waals surface area (Å²) in [6.07, 6.45) is 6.28. The molecule has 4 heterocycles. The summed E-state index contributed by atoms with van der Waals surface area (Å²) >= 11 is 1.71. The van der Waals surface area contributed by atoms with E-state index in [1.165, 1.54) is 30.8 Å². The first kappa shape index (κ1) is 19.1. The van der Waals surface area contributed by atoms with Crippen LogP contribution in [0.3, 0.4) is 0 Å². The standard InChI is InChI=1S/C22H26N8S/c1-31-16-5-3-2-4-15(16)27-20-17-18(19(26-13-25-17)24-8-14-6-7-14)28-21(29-20)30-11-22(12-30)9-23-10-22/h2-5,13-14,23H,6-12H2,1H3,(H,24,25,26)(H,27,28,29)/p+1. The first-order valence-corrected chi connectivity index (χ1v) is 12.2. The number of anilines is 4.